The van der Waals surface area contributed by atoms with Crippen LogP contribution in [0, 0.1) is 13.8 Å². The molecule has 136 valence electrons. The fourth-order valence-electron chi connectivity index (χ4n) is 3.20. The van der Waals surface area contributed by atoms with E-state index in [4.69, 9.17) is 4.74 Å². The Balaban J connectivity index is 1.71. The van der Waals surface area contributed by atoms with Crippen molar-refractivity contribution < 1.29 is 14.3 Å². The molecule has 1 unspecified atom stereocenters. The molecule has 0 aliphatic carbocycles. The summed E-state index contributed by atoms with van der Waals surface area (Å²) in [5, 5.41) is 5.76. The van der Waals surface area contributed by atoms with Crippen molar-refractivity contribution in [3.05, 3.63) is 64.7 Å². The van der Waals surface area contributed by atoms with Gasteiger partial charge in [-0.2, -0.15) is 0 Å². The molecule has 5 nitrogen and oxygen atoms in total. The number of carbonyl (C=O) groups excluding carboxylic acids is 2. The van der Waals surface area contributed by atoms with Crippen LogP contribution in [0.15, 0.2) is 42.5 Å². The summed E-state index contributed by atoms with van der Waals surface area (Å²) in [6.45, 7) is 5.15. The molecule has 2 aromatic rings. The van der Waals surface area contributed by atoms with Gasteiger partial charge in [-0.25, -0.2) is 0 Å². The van der Waals surface area contributed by atoms with E-state index >= 15 is 0 Å². The number of para-hydroxylation sites is 1. The molecule has 1 heterocycles. The number of aryl methyl sites for hydroxylation is 2. The van der Waals surface area contributed by atoms with Gasteiger partial charge in [0.05, 0.1) is 17.4 Å². The van der Waals surface area contributed by atoms with Gasteiger partial charge in [0.15, 0.2) is 0 Å². The van der Waals surface area contributed by atoms with Gasteiger partial charge in [-0.05, 0) is 51.0 Å². The fraction of sp³-hybridized carbons (Fsp3) is 0.333. The average Bonchev–Trinajstić information content (AvgIpc) is 3.13. The summed E-state index contributed by atoms with van der Waals surface area (Å²) in [4.78, 5) is 25.1. The summed E-state index contributed by atoms with van der Waals surface area (Å²) in [6, 6.07) is 12.7. The first kappa shape index (κ1) is 18.1. The lowest BCUT2D eigenvalue weighted by atomic mass is 10.1. The van der Waals surface area contributed by atoms with Crippen LogP contribution in [0.25, 0.3) is 0 Å². The molecule has 2 amide bonds. The highest BCUT2D eigenvalue weighted by Crippen LogP contribution is 2.18. The van der Waals surface area contributed by atoms with Gasteiger partial charge in [0.1, 0.15) is 0 Å². The van der Waals surface area contributed by atoms with Gasteiger partial charge in [0.2, 0.25) is 0 Å². The summed E-state index contributed by atoms with van der Waals surface area (Å²) < 4.78 is 5.53. The summed E-state index contributed by atoms with van der Waals surface area (Å²) in [7, 11) is 0. The molecule has 1 atom stereocenters. The van der Waals surface area contributed by atoms with Crippen molar-refractivity contribution >= 4 is 17.5 Å². The highest BCUT2D eigenvalue weighted by atomic mass is 16.5. The molecule has 1 aliphatic rings. The fourth-order valence-corrected chi connectivity index (χ4v) is 3.20. The Labute approximate surface area is 153 Å². The van der Waals surface area contributed by atoms with Crippen LogP contribution in [0.4, 0.5) is 5.69 Å². The maximum absolute atomic E-state index is 12.6. The number of ether oxygens (including phenoxy) is 1. The molecule has 1 fully saturated rings. The highest BCUT2D eigenvalue weighted by molar-refractivity contribution is 6.09. The highest BCUT2D eigenvalue weighted by Gasteiger charge is 2.18. The SMILES string of the molecule is Cc1cc(C)cc(C(=O)Nc2ccccc2C(=O)NCC2CCCO2)c1. The second kappa shape index (κ2) is 8.15. The van der Waals surface area contributed by atoms with Crippen molar-refractivity contribution in [2.75, 3.05) is 18.5 Å². The van der Waals surface area contributed by atoms with E-state index in [1.54, 1.807) is 24.3 Å². The number of rotatable bonds is 5. The lowest BCUT2D eigenvalue weighted by Gasteiger charge is -2.14. The van der Waals surface area contributed by atoms with Crippen molar-refractivity contribution in [3.63, 3.8) is 0 Å². The zero-order valence-electron chi connectivity index (χ0n) is 15.2. The Morgan fingerprint density at radius 2 is 1.81 bits per heavy atom. The number of benzene rings is 2. The van der Waals surface area contributed by atoms with E-state index in [0.29, 0.717) is 23.4 Å². The minimum absolute atomic E-state index is 0.0796. The van der Waals surface area contributed by atoms with Gasteiger partial charge in [-0.3, -0.25) is 9.59 Å². The van der Waals surface area contributed by atoms with Crippen molar-refractivity contribution in [2.45, 2.75) is 32.8 Å². The van der Waals surface area contributed by atoms with Gasteiger partial charge >= 0.3 is 0 Å². The zero-order chi connectivity index (χ0) is 18.5. The number of anilines is 1. The topological polar surface area (TPSA) is 67.4 Å². The molecule has 5 heteroatoms. The van der Waals surface area contributed by atoms with Crippen LogP contribution in [0.3, 0.4) is 0 Å². The lowest BCUT2D eigenvalue weighted by Crippen LogP contribution is -2.32. The van der Waals surface area contributed by atoms with Crippen LogP contribution in [-0.4, -0.2) is 31.1 Å². The minimum Gasteiger partial charge on any atom is -0.376 e. The van der Waals surface area contributed by atoms with Gasteiger partial charge in [-0.15, -0.1) is 0 Å². The molecule has 0 bridgehead atoms. The van der Waals surface area contributed by atoms with Gasteiger partial charge < -0.3 is 15.4 Å². The number of carbonyl (C=O) groups is 2. The molecule has 1 aliphatic heterocycles. The van der Waals surface area contributed by atoms with Crippen LogP contribution in [-0.2, 0) is 4.74 Å². The Kier molecular flexibility index (Phi) is 5.68. The first-order chi connectivity index (χ1) is 12.5. The number of hydrogen-bond donors (Lipinski definition) is 2. The van der Waals surface area contributed by atoms with E-state index in [1.807, 2.05) is 32.0 Å². The summed E-state index contributed by atoms with van der Waals surface area (Å²) in [5.74, 6) is -0.437. The molecule has 0 spiro atoms. The molecule has 26 heavy (non-hydrogen) atoms. The Bertz CT molecular complexity index is 790. The van der Waals surface area contributed by atoms with Gasteiger partial charge in [-0.1, -0.05) is 29.3 Å². The Hall–Kier alpha value is -2.66. The van der Waals surface area contributed by atoms with E-state index in [-0.39, 0.29) is 17.9 Å². The third kappa shape index (κ3) is 4.49. The zero-order valence-corrected chi connectivity index (χ0v) is 15.2. The maximum Gasteiger partial charge on any atom is 0.255 e. The average molecular weight is 352 g/mol. The predicted octanol–water partition coefficient (Wildman–Crippen LogP) is 3.46. The molecule has 1 saturated heterocycles. The smallest absolute Gasteiger partial charge is 0.255 e. The largest absolute Gasteiger partial charge is 0.376 e. The molecular formula is C21H24N2O3. The van der Waals surface area contributed by atoms with Crippen LogP contribution in [0.5, 0.6) is 0 Å². The summed E-state index contributed by atoms with van der Waals surface area (Å²) in [6.07, 6.45) is 2.07. The van der Waals surface area contributed by atoms with Gasteiger partial charge in [0, 0.05) is 18.7 Å². The van der Waals surface area contributed by atoms with Crippen LogP contribution in [0.2, 0.25) is 0 Å². The van der Waals surface area contributed by atoms with Crippen LogP contribution >= 0.6 is 0 Å². The van der Waals surface area contributed by atoms with Crippen LogP contribution in [0.1, 0.15) is 44.7 Å². The number of amides is 2. The Morgan fingerprint density at radius 3 is 2.50 bits per heavy atom. The summed E-state index contributed by atoms with van der Waals surface area (Å²) >= 11 is 0. The third-order valence-corrected chi connectivity index (χ3v) is 4.42. The molecular weight excluding hydrogens is 328 g/mol. The minimum atomic E-state index is -0.226. The second-order valence-corrected chi connectivity index (χ2v) is 6.72. The summed E-state index contributed by atoms with van der Waals surface area (Å²) in [5.41, 5.74) is 3.58. The first-order valence-corrected chi connectivity index (χ1v) is 8.91. The standard InChI is InChI=1S/C21H24N2O3/c1-14-10-15(2)12-16(11-14)20(24)23-19-8-4-3-7-18(19)21(25)22-13-17-6-5-9-26-17/h3-4,7-8,10-12,17H,5-6,9,13H2,1-2H3,(H,22,25)(H,23,24). The normalized spacial score (nSPS) is 16.3. The predicted molar refractivity (Wildman–Crippen MR) is 102 cm³/mol. The molecule has 2 aromatic carbocycles. The van der Waals surface area contributed by atoms with E-state index < -0.39 is 0 Å². The second-order valence-electron chi connectivity index (χ2n) is 6.72. The number of nitrogens with one attached hydrogen (secondary N) is 2. The van der Waals surface area contributed by atoms with E-state index in [9.17, 15) is 9.59 Å². The molecule has 3 rings (SSSR count). The van der Waals surface area contributed by atoms with Crippen molar-refractivity contribution in [1.82, 2.24) is 5.32 Å². The maximum atomic E-state index is 12.6. The van der Waals surface area contributed by atoms with Crippen molar-refractivity contribution in [1.29, 1.82) is 0 Å². The van der Waals surface area contributed by atoms with Gasteiger partial charge in [0.25, 0.3) is 11.8 Å². The molecule has 0 saturated carbocycles. The lowest BCUT2D eigenvalue weighted by molar-refractivity contribution is 0.0858. The van der Waals surface area contributed by atoms with E-state index in [0.717, 1.165) is 30.6 Å². The first-order valence-electron chi connectivity index (χ1n) is 8.91. The Morgan fingerprint density at radius 1 is 1.08 bits per heavy atom. The monoisotopic (exact) mass is 352 g/mol. The number of hydrogen-bond acceptors (Lipinski definition) is 3. The van der Waals surface area contributed by atoms with E-state index in [2.05, 4.69) is 10.6 Å². The van der Waals surface area contributed by atoms with E-state index in [1.165, 1.54) is 0 Å². The third-order valence-electron chi connectivity index (χ3n) is 4.42. The van der Waals surface area contributed by atoms with Crippen LogP contribution < -0.4 is 10.6 Å². The van der Waals surface area contributed by atoms with Crippen molar-refractivity contribution in [3.8, 4) is 0 Å². The molecule has 2 N–H and O–H groups in total. The van der Waals surface area contributed by atoms with Crippen molar-refractivity contribution in [2.24, 2.45) is 0 Å². The quantitative estimate of drug-likeness (QED) is 0.866. The molecule has 0 aromatic heterocycles. The molecule has 0 radical (unpaired) electrons.